The summed E-state index contributed by atoms with van der Waals surface area (Å²) in [6, 6.07) is 0. The lowest BCUT2D eigenvalue weighted by atomic mass is 10.1. The summed E-state index contributed by atoms with van der Waals surface area (Å²) in [5.41, 5.74) is 5.40. The van der Waals surface area contributed by atoms with Crippen molar-refractivity contribution in [3.8, 4) is 0 Å². The van der Waals surface area contributed by atoms with E-state index >= 15 is 0 Å². The number of hydrogen-bond acceptors (Lipinski definition) is 4. The minimum Gasteiger partial charge on any atom is -0.390 e. The first-order chi connectivity index (χ1) is 8.43. The minimum atomic E-state index is -3.29. The molecule has 1 aromatic rings. The third-order valence-corrected chi connectivity index (χ3v) is 2.86. The molecule has 100 valence electrons. The highest BCUT2D eigenvalue weighted by molar-refractivity contribution is 5.91. The molecule has 1 fully saturated rings. The molecule has 3 N–H and O–H groups in total. The SMILES string of the molecule is NC(=O)c1nnn(CC(F)(F)CO)c1CC1CC1. The van der Waals surface area contributed by atoms with Gasteiger partial charge in [0.1, 0.15) is 13.2 Å². The zero-order chi connectivity index (χ0) is 13.3. The van der Waals surface area contributed by atoms with E-state index in [-0.39, 0.29) is 5.69 Å². The van der Waals surface area contributed by atoms with E-state index in [1.54, 1.807) is 0 Å². The molecule has 8 heteroatoms. The zero-order valence-electron chi connectivity index (χ0n) is 9.64. The molecule has 18 heavy (non-hydrogen) atoms. The quantitative estimate of drug-likeness (QED) is 0.750. The van der Waals surface area contributed by atoms with Crippen LogP contribution in [0.4, 0.5) is 8.78 Å². The summed E-state index contributed by atoms with van der Waals surface area (Å²) in [6.45, 7) is -2.08. The Balaban J connectivity index is 2.25. The number of amides is 1. The maximum atomic E-state index is 13.1. The number of aliphatic hydroxyl groups excluding tert-OH is 1. The van der Waals surface area contributed by atoms with Crippen LogP contribution in [0.5, 0.6) is 0 Å². The maximum Gasteiger partial charge on any atom is 0.289 e. The molecule has 1 aliphatic carbocycles. The van der Waals surface area contributed by atoms with Gasteiger partial charge < -0.3 is 10.8 Å². The minimum absolute atomic E-state index is 0.0596. The van der Waals surface area contributed by atoms with Crippen LogP contribution in [0.3, 0.4) is 0 Å². The topological polar surface area (TPSA) is 94.0 Å². The number of carbonyl (C=O) groups is 1. The number of aliphatic hydroxyl groups is 1. The number of rotatable bonds is 6. The van der Waals surface area contributed by atoms with E-state index < -0.39 is 25.0 Å². The lowest BCUT2D eigenvalue weighted by Crippen LogP contribution is -2.30. The molecular weight excluding hydrogens is 246 g/mol. The lowest BCUT2D eigenvalue weighted by molar-refractivity contribution is -0.0660. The van der Waals surface area contributed by atoms with E-state index in [0.29, 0.717) is 18.0 Å². The number of carbonyl (C=O) groups excluding carboxylic acids is 1. The average molecular weight is 260 g/mol. The summed E-state index contributed by atoms with van der Waals surface area (Å²) in [5.74, 6) is -3.69. The van der Waals surface area contributed by atoms with Crippen LogP contribution < -0.4 is 5.73 Å². The van der Waals surface area contributed by atoms with Gasteiger partial charge in [0.05, 0.1) is 5.69 Å². The Bertz CT molecular complexity index is 457. The molecule has 1 heterocycles. The van der Waals surface area contributed by atoms with Crippen LogP contribution >= 0.6 is 0 Å². The highest BCUT2D eigenvalue weighted by Crippen LogP contribution is 2.33. The highest BCUT2D eigenvalue weighted by Gasteiger charge is 2.33. The first-order valence-electron chi connectivity index (χ1n) is 5.64. The van der Waals surface area contributed by atoms with Crippen LogP contribution in [-0.4, -0.2) is 38.5 Å². The Hall–Kier alpha value is -1.57. The molecular formula is C10H14F2N4O2. The number of alkyl halides is 2. The first kappa shape index (κ1) is 12.9. The lowest BCUT2D eigenvalue weighted by Gasteiger charge is -2.14. The predicted octanol–water partition coefficient (Wildman–Crippen LogP) is -0.0429. The van der Waals surface area contributed by atoms with Gasteiger partial charge in [-0.15, -0.1) is 5.10 Å². The fraction of sp³-hybridized carbons (Fsp3) is 0.700. The van der Waals surface area contributed by atoms with Crippen LogP contribution in [0.15, 0.2) is 0 Å². The van der Waals surface area contributed by atoms with Crippen LogP contribution in [-0.2, 0) is 13.0 Å². The van der Waals surface area contributed by atoms with Gasteiger partial charge in [-0.1, -0.05) is 5.21 Å². The van der Waals surface area contributed by atoms with Gasteiger partial charge in [0.25, 0.3) is 11.8 Å². The molecule has 0 radical (unpaired) electrons. The van der Waals surface area contributed by atoms with Gasteiger partial charge in [-0.2, -0.15) is 0 Å². The predicted molar refractivity (Wildman–Crippen MR) is 57.0 cm³/mol. The molecule has 0 spiro atoms. The number of primary amides is 1. The fourth-order valence-corrected chi connectivity index (χ4v) is 1.72. The smallest absolute Gasteiger partial charge is 0.289 e. The van der Waals surface area contributed by atoms with Crippen molar-refractivity contribution in [2.45, 2.75) is 31.7 Å². The van der Waals surface area contributed by atoms with Gasteiger partial charge in [0.15, 0.2) is 5.69 Å². The monoisotopic (exact) mass is 260 g/mol. The van der Waals surface area contributed by atoms with Crippen molar-refractivity contribution >= 4 is 5.91 Å². The van der Waals surface area contributed by atoms with Crippen LogP contribution in [0, 0.1) is 5.92 Å². The van der Waals surface area contributed by atoms with E-state index in [9.17, 15) is 13.6 Å². The fourth-order valence-electron chi connectivity index (χ4n) is 1.72. The van der Waals surface area contributed by atoms with Crippen molar-refractivity contribution in [1.82, 2.24) is 15.0 Å². The second-order valence-electron chi connectivity index (χ2n) is 4.57. The molecule has 6 nitrogen and oxygen atoms in total. The normalized spacial score (nSPS) is 15.9. The molecule has 1 saturated carbocycles. The van der Waals surface area contributed by atoms with E-state index in [2.05, 4.69) is 10.3 Å². The van der Waals surface area contributed by atoms with Crippen molar-refractivity contribution in [3.05, 3.63) is 11.4 Å². The number of nitrogens with zero attached hydrogens (tertiary/aromatic N) is 3. The van der Waals surface area contributed by atoms with Crippen LogP contribution in [0.25, 0.3) is 0 Å². The molecule has 2 rings (SSSR count). The van der Waals surface area contributed by atoms with Gasteiger partial charge in [-0.05, 0) is 25.2 Å². The van der Waals surface area contributed by atoms with Crippen molar-refractivity contribution < 1.29 is 18.7 Å². The van der Waals surface area contributed by atoms with Crippen LogP contribution in [0.2, 0.25) is 0 Å². The summed E-state index contributed by atoms with van der Waals surface area (Å²) in [7, 11) is 0. The van der Waals surface area contributed by atoms with E-state index in [1.807, 2.05) is 0 Å². The third-order valence-electron chi connectivity index (χ3n) is 2.86. The van der Waals surface area contributed by atoms with Crippen LogP contribution in [0.1, 0.15) is 29.0 Å². The van der Waals surface area contributed by atoms with Gasteiger partial charge in [-0.3, -0.25) is 4.79 Å². The number of aromatic nitrogens is 3. The molecule has 0 atom stereocenters. The molecule has 0 bridgehead atoms. The second-order valence-corrected chi connectivity index (χ2v) is 4.57. The Kier molecular flexibility index (Phi) is 3.29. The summed E-state index contributed by atoms with van der Waals surface area (Å²) in [4.78, 5) is 11.1. The number of halogens is 2. The number of hydrogen-bond donors (Lipinski definition) is 2. The average Bonchev–Trinajstić information content (AvgIpc) is 3.02. The summed E-state index contributed by atoms with van der Waals surface area (Å²) in [5, 5.41) is 15.6. The highest BCUT2D eigenvalue weighted by atomic mass is 19.3. The number of nitrogens with two attached hydrogens (primary N) is 1. The Morgan fingerprint density at radius 3 is 2.72 bits per heavy atom. The third kappa shape index (κ3) is 2.81. The molecule has 0 saturated heterocycles. The molecule has 0 aromatic carbocycles. The Morgan fingerprint density at radius 1 is 1.56 bits per heavy atom. The van der Waals surface area contributed by atoms with Crippen molar-refractivity contribution in [1.29, 1.82) is 0 Å². The van der Waals surface area contributed by atoms with Gasteiger partial charge in [-0.25, -0.2) is 13.5 Å². The van der Waals surface area contributed by atoms with Crippen molar-refractivity contribution in [2.75, 3.05) is 6.61 Å². The second kappa shape index (κ2) is 4.60. The summed E-state index contributed by atoms with van der Waals surface area (Å²) >= 11 is 0. The van der Waals surface area contributed by atoms with Gasteiger partial charge in [0.2, 0.25) is 0 Å². The van der Waals surface area contributed by atoms with Gasteiger partial charge >= 0.3 is 0 Å². The van der Waals surface area contributed by atoms with Gasteiger partial charge in [0, 0.05) is 0 Å². The standard InChI is InChI=1S/C10H14F2N4O2/c11-10(12,5-17)4-16-7(3-6-1-2-6)8(9(13)18)14-15-16/h6,17H,1-5H2,(H2,13,18). The Labute approximate surface area is 102 Å². The summed E-state index contributed by atoms with van der Waals surface area (Å²) in [6.07, 6.45) is 2.46. The van der Waals surface area contributed by atoms with E-state index in [4.69, 9.17) is 10.8 Å². The Morgan fingerprint density at radius 2 is 2.22 bits per heavy atom. The van der Waals surface area contributed by atoms with Crippen molar-refractivity contribution in [2.24, 2.45) is 11.7 Å². The largest absolute Gasteiger partial charge is 0.390 e. The first-order valence-corrected chi connectivity index (χ1v) is 5.64. The van der Waals surface area contributed by atoms with Crippen molar-refractivity contribution in [3.63, 3.8) is 0 Å². The molecule has 1 aromatic heterocycles. The molecule has 0 unspecified atom stereocenters. The maximum absolute atomic E-state index is 13.1. The van der Waals surface area contributed by atoms with E-state index in [1.165, 1.54) is 0 Å². The van der Waals surface area contributed by atoms with E-state index in [0.717, 1.165) is 17.5 Å². The molecule has 0 aliphatic heterocycles. The zero-order valence-corrected chi connectivity index (χ0v) is 9.64. The molecule has 1 amide bonds. The molecule has 1 aliphatic rings. The summed E-state index contributed by atoms with van der Waals surface area (Å²) < 4.78 is 27.2.